The molecule has 0 saturated carbocycles. The Labute approximate surface area is 94.2 Å². The van der Waals surface area contributed by atoms with Crippen molar-refractivity contribution in [3.05, 3.63) is 37.5 Å². The molecule has 0 aliphatic heterocycles. The van der Waals surface area contributed by atoms with Crippen LogP contribution in [0.2, 0.25) is 0 Å². The minimum Gasteiger partial charge on any atom is -0.362 e. The molecular formula is C11H23NOS. The maximum absolute atomic E-state index is 9.06. The van der Waals surface area contributed by atoms with E-state index in [0.717, 1.165) is 0 Å². The van der Waals surface area contributed by atoms with Crippen LogP contribution in [-0.2, 0) is 4.79 Å². The van der Waals surface area contributed by atoms with Gasteiger partial charge in [-0.25, -0.2) is 0 Å². The van der Waals surface area contributed by atoms with E-state index in [-0.39, 0.29) is 0 Å². The Kier molecular flexibility index (Phi) is 66.5. The first-order valence-corrected chi connectivity index (χ1v) is 4.93. The molecule has 0 bridgehead atoms. The van der Waals surface area contributed by atoms with Crippen molar-refractivity contribution in [1.82, 2.24) is 5.32 Å². The standard InChI is InChI=1S/C6H10.C2H5NO.C2H4.CH4S/c1-4-6(3)5-2;1-3-2-4;2*1-2/h4-5H,1H2,2-3H3;2H,1H3,(H,3,4);1-2H2;2H,1H3/b6-5-;;;. The first-order chi connectivity index (χ1) is 6.72. The topological polar surface area (TPSA) is 29.1 Å². The number of allylic oxidation sites excluding steroid dienone is 3. The minimum absolute atomic E-state index is 0.625. The van der Waals surface area contributed by atoms with Crippen LogP contribution in [0.15, 0.2) is 37.5 Å². The van der Waals surface area contributed by atoms with Crippen molar-refractivity contribution in [2.75, 3.05) is 13.3 Å². The quantitative estimate of drug-likeness (QED) is 0.317. The van der Waals surface area contributed by atoms with Crippen molar-refractivity contribution in [2.24, 2.45) is 0 Å². The van der Waals surface area contributed by atoms with E-state index >= 15 is 0 Å². The molecule has 0 heterocycles. The SMILES string of the molecule is C=C.C=C/C(C)=C\C.CNC=O.CS. The van der Waals surface area contributed by atoms with Crippen LogP contribution in [0, 0.1) is 0 Å². The number of hydrogen-bond donors (Lipinski definition) is 2. The maximum atomic E-state index is 9.06. The van der Waals surface area contributed by atoms with Gasteiger partial charge in [0.25, 0.3) is 0 Å². The first-order valence-electron chi connectivity index (χ1n) is 4.03. The lowest BCUT2D eigenvalue weighted by molar-refractivity contribution is -0.109. The molecule has 1 amide bonds. The van der Waals surface area contributed by atoms with Gasteiger partial charge in [-0.1, -0.05) is 24.3 Å². The van der Waals surface area contributed by atoms with Gasteiger partial charge in [0, 0.05) is 7.05 Å². The van der Waals surface area contributed by atoms with Gasteiger partial charge < -0.3 is 5.32 Å². The van der Waals surface area contributed by atoms with Crippen molar-refractivity contribution >= 4 is 19.0 Å². The van der Waals surface area contributed by atoms with Gasteiger partial charge in [0.1, 0.15) is 0 Å². The Bertz CT molecular complexity index is 133. The van der Waals surface area contributed by atoms with Crippen LogP contribution in [0.5, 0.6) is 0 Å². The molecule has 0 unspecified atom stereocenters. The average molecular weight is 217 g/mol. The molecule has 84 valence electrons. The van der Waals surface area contributed by atoms with Gasteiger partial charge in [-0.15, -0.1) is 13.2 Å². The number of nitrogens with one attached hydrogen (secondary N) is 1. The molecule has 1 N–H and O–H groups in total. The average Bonchev–Trinajstić information content (AvgIpc) is 2.33. The van der Waals surface area contributed by atoms with Gasteiger partial charge in [-0.2, -0.15) is 12.6 Å². The summed E-state index contributed by atoms with van der Waals surface area (Å²) in [7, 11) is 1.56. The van der Waals surface area contributed by atoms with Gasteiger partial charge in [-0.05, 0) is 20.1 Å². The molecule has 14 heavy (non-hydrogen) atoms. The van der Waals surface area contributed by atoms with Gasteiger partial charge in [0.05, 0.1) is 0 Å². The molecule has 0 saturated heterocycles. The second-order valence-electron chi connectivity index (χ2n) is 1.64. The van der Waals surface area contributed by atoms with Crippen molar-refractivity contribution in [3.8, 4) is 0 Å². The van der Waals surface area contributed by atoms with Gasteiger partial charge >= 0.3 is 0 Å². The highest BCUT2D eigenvalue weighted by Crippen LogP contribution is 1.88. The number of carbonyl (C=O) groups is 1. The van der Waals surface area contributed by atoms with E-state index < -0.39 is 0 Å². The van der Waals surface area contributed by atoms with Crippen LogP contribution < -0.4 is 5.32 Å². The molecule has 0 aromatic carbocycles. The zero-order valence-corrected chi connectivity index (χ0v) is 10.6. The molecule has 0 fully saturated rings. The summed E-state index contributed by atoms with van der Waals surface area (Å²) in [6.45, 7) is 13.6. The first kappa shape index (κ1) is 23.1. The second kappa shape index (κ2) is 40.2. The van der Waals surface area contributed by atoms with E-state index in [1.807, 2.05) is 26.0 Å². The van der Waals surface area contributed by atoms with Crippen molar-refractivity contribution in [3.63, 3.8) is 0 Å². The van der Waals surface area contributed by atoms with E-state index in [1.54, 1.807) is 13.3 Å². The van der Waals surface area contributed by atoms with Crippen molar-refractivity contribution in [1.29, 1.82) is 0 Å². The van der Waals surface area contributed by atoms with Gasteiger partial charge in [0.15, 0.2) is 0 Å². The molecule has 0 aromatic heterocycles. The largest absolute Gasteiger partial charge is 0.362 e. The van der Waals surface area contributed by atoms with E-state index in [9.17, 15) is 0 Å². The fourth-order valence-electron chi connectivity index (χ4n) is 0.118. The zero-order valence-electron chi connectivity index (χ0n) is 9.71. The van der Waals surface area contributed by atoms with Crippen LogP contribution in [-0.4, -0.2) is 19.7 Å². The summed E-state index contributed by atoms with van der Waals surface area (Å²) in [5.74, 6) is 0. The Morgan fingerprint density at radius 1 is 1.36 bits per heavy atom. The highest BCUT2D eigenvalue weighted by atomic mass is 32.1. The molecule has 0 spiro atoms. The smallest absolute Gasteiger partial charge is 0.206 e. The highest BCUT2D eigenvalue weighted by Gasteiger charge is 1.66. The van der Waals surface area contributed by atoms with Crippen LogP contribution in [0.3, 0.4) is 0 Å². The molecule has 0 aliphatic rings. The van der Waals surface area contributed by atoms with Crippen LogP contribution in [0.1, 0.15) is 13.8 Å². The normalized spacial score (nSPS) is 7.07. The van der Waals surface area contributed by atoms with E-state index in [0.29, 0.717) is 6.41 Å². The summed E-state index contributed by atoms with van der Waals surface area (Å²) in [5.41, 5.74) is 1.23. The molecule has 0 aromatic rings. The third-order valence-electron chi connectivity index (χ3n) is 0.895. The predicted molar refractivity (Wildman–Crippen MR) is 70.9 cm³/mol. The summed E-state index contributed by atoms with van der Waals surface area (Å²) < 4.78 is 0. The molecule has 0 atom stereocenters. The lowest BCUT2D eigenvalue weighted by Crippen LogP contribution is -1.98. The fourth-order valence-corrected chi connectivity index (χ4v) is 0.118. The minimum atomic E-state index is 0.625. The summed E-state index contributed by atoms with van der Waals surface area (Å²) >= 11 is 3.53. The van der Waals surface area contributed by atoms with Crippen LogP contribution >= 0.6 is 12.6 Å². The van der Waals surface area contributed by atoms with Crippen LogP contribution in [0.4, 0.5) is 0 Å². The molecule has 0 radical (unpaired) electrons. The number of carbonyl (C=O) groups excluding carboxylic acids is 1. The van der Waals surface area contributed by atoms with Crippen molar-refractivity contribution in [2.45, 2.75) is 13.8 Å². The van der Waals surface area contributed by atoms with E-state index in [2.05, 4.69) is 37.7 Å². The fraction of sp³-hybridized carbons (Fsp3) is 0.364. The number of rotatable bonds is 2. The molecule has 2 nitrogen and oxygen atoms in total. The number of hydrogen-bond acceptors (Lipinski definition) is 2. The molecule has 0 aliphatic carbocycles. The highest BCUT2D eigenvalue weighted by molar-refractivity contribution is 7.79. The molecular weight excluding hydrogens is 194 g/mol. The summed E-state index contributed by atoms with van der Waals surface area (Å²) in [5, 5.41) is 2.25. The van der Waals surface area contributed by atoms with Gasteiger partial charge in [0.2, 0.25) is 6.41 Å². The lowest BCUT2D eigenvalue weighted by Gasteiger charge is -1.78. The number of amides is 1. The lowest BCUT2D eigenvalue weighted by atomic mass is 10.3. The third kappa shape index (κ3) is 68.2. The second-order valence-corrected chi connectivity index (χ2v) is 1.64. The molecule has 3 heteroatoms. The summed E-state index contributed by atoms with van der Waals surface area (Å²) in [6.07, 6.45) is 6.17. The maximum Gasteiger partial charge on any atom is 0.206 e. The Morgan fingerprint density at radius 2 is 1.64 bits per heavy atom. The summed E-state index contributed by atoms with van der Waals surface area (Å²) in [6, 6.07) is 0. The van der Waals surface area contributed by atoms with E-state index in [1.165, 1.54) is 5.57 Å². The van der Waals surface area contributed by atoms with Crippen LogP contribution in [0.25, 0.3) is 0 Å². The monoisotopic (exact) mass is 217 g/mol. The third-order valence-corrected chi connectivity index (χ3v) is 0.895. The predicted octanol–water partition coefficient (Wildman–Crippen LogP) is 2.85. The van der Waals surface area contributed by atoms with Crippen molar-refractivity contribution < 1.29 is 4.79 Å². The van der Waals surface area contributed by atoms with E-state index in [4.69, 9.17) is 4.79 Å². The Morgan fingerprint density at radius 3 is 1.64 bits per heavy atom. The summed E-state index contributed by atoms with van der Waals surface area (Å²) in [4.78, 5) is 9.06. The van der Waals surface area contributed by atoms with Gasteiger partial charge in [-0.3, -0.25) is 4.79 Å². The Balaban J connectivity index is -0.0000000546. The molecule has 0 rings (SSSR count). The number of thiol groups is 1. The Hall–Kier alpha value is -0.960. The zero-order chi connectivity index (χ0) is 12.4.